The first-order valence-corrected chi connectivity index (χ1v) is 5.15. The molecule has 2 N–H and O–H groups in total. The van der Waals surface area contributed by atoms with Gasteiger partial charge in [-0.2, -0.15) is 0 Å². The summed E-state index contributed by atoms with van der Waals surface area (Å²) in [6, 6.07) is 4.62. The van der Waals surface area contributed by atoms with Crippen LogP contribution in [-0.2, 0) is 6.54 Å². The lowest BCUT2D eigenvalue weighted by Gasteiger charge is -2.04. The molecule has 1 fully saturated rings. The smallest absolute Gasteiger partial charge is 0.201 e. The summed E-state index contributed by atoms with van der Waals surface area (Å²) in [5, 5.41) is 0. The SMILES string of the molecule is Nc1nc2cc(F)ccc2n1CC1CC1. The molecule has 0 amide bonds. The average Bonchev–Trinajstić information content (AvgIpc) is 2.93. The van der Waals surface area contributed by atoms with Gasteiger partial charge in [-0.3, -0.25) is 0 Å². The van der Waals surface area contributed by atoms with Gasteiger partial charge in [0.2, 0.25) is 5.95 Å². The first-order valence-electron chi connectivity index (χ1n) is 5.15. The number of hydrogen-bond acceptors (Lipinski definition) is 2. The normalized spacial score (nSPS) is 16.1. The van der Waals surface area contributed by atoms with Crippen LogP contribution in [0.15, 0.2) is 18.2 Å². The second-order valence-electron chi connectivity index (χ2n) is 4.16. The van der Waals surface area contributed by atoms with Crippen molar-refractivity contribution < 1.29 is 4.39 Å². The van der Waals surface area contributed by atoms with Crippen LogP contribution < -0.4 is 5.73 Å². The fraction of sp³-hybridized carbons (Fsp3) is 0.364. The molecule has 78 valence electrons. The molecule has 1 aliphatic rings. The number of fused-ring (bicyclic) bond motifs is 1. The number of aromatic nitrogens is 2. The number of hydrogen-bond donors (Lipinski definition) is 1. The van der Waals surface area contributed by atoms with Crippen molar-refractivity contribution in [3.8, 4) is 0 Å². The Kier molecular flexibility index (Phi) is 1.71. The zero-order valence-electron chi connectivity index (χ0n) is 8.28. The van der Waals surface area contributed by atoms with Crippen molar-refractivity contribution in [2.75, 3.05) is 5.73 Å². The molecule has 1 heterocycles. The summed E-state index contributed by atoms with van der Waals surface area (Å²) in [4.78, 5) is 4.16. The molecule has 3 nitrogen and oxygen atoms in total. The Balaban J connectivity index is 2.13. The van der Waals surface area contributed by atoms with Crippen LogP contribution in [-0.4, -0.2) is 9.55 Å². The van der Waals surface area contributed by atoms with E-state index in [9.17, 15) is 4.39 Å². The van der Waals surface area contributed by atoms with E-state index in [1.165, 1.54) is 25.0 Å². The fourth-order valence-electron chi connectivity index (χ4n) is 1.87. The molecule has 0 saturated heterocycles. The lowest BCUT2D eigenvalue weighted by Crippen LogP contribution is -2.04. The van der Waals surface area contributed by atoms with Gasteiger partial charge in [0, 0.05) is 12.6 Å². The molecule has 1 aliphatic carbocycles. The highest BCUT2D eigenvalue weighted by atomic mass is 19.1. The third-order valence-electron chi connectivity index (χ3n) is 2.88. The number of nitrogen functional groups attached to an aromatic ring is 1. The molecule has 3 rings (SSSR count). The monoisotopic (exact) mass is 205 g/mol. The van der Waals surface area contributed by atoms with E-state index in [2.05, 4.69) is 4.98 Å². The molecule has 0 aliphatic heterocycles. The van der Waals surface area contributed by atoms with Gasteiger partial charge < -0.3 is 10.3 Å². The Labute approximate surface area is 86.7 Å². The zero-order chi connectivity index (χ0) is 10.4. The maximum atomic E-state index is 13.0. The summed E-state index contributed by atoms with van der Waals surface area (Å²) < 4.78 is 14.9. The molecule has 0 radical (unpaired) electrons. The maximum absolute atomic E-state index is 13.0. The highest BCUT2D eigenvalue weighted by Gasteiger charge is 2.23. The number of anilines is 1. The van der Waals surface area contributed by atoms with E-state index in [-0.39, 0.29) is 5.82 Å². The number of imidazole rings is 1. The van der Waals surface area contributed by atoms with Crippen LogP contribution in [0.5, 0.6) is 0 Å². The van der Waals surface area contributed by atoms with Crippen molar-refractivity contribution in [3.63, 3.8) is 0 Å². The highest BCUT2D eigenvalue weighted by molar-refractivity contribution is 5.78. The molecule has 0 atom stereocenters. The summed E-state index contributed by atoms with van der Waals surface area (Å²) in [7, 11) is 0. The van der Waals surface area contributed by atoms with Gasteiger partial charge in [-0.15, -0.1) is 0 Å². The summed E-state index contributed by atoms with van der Waals surface area (Å²) in [6.45, 7) is 0.911. The van der Waals surface area contributed by atoms with E-state index in [0.29, 0.717) is 11.5 Å². The van der Waals surface area contributed by atoms with Crippen molar-refractivity contribution in [1.82, 2.24) is 9.55 Å². The Morgan fingerprint density at radius 3 is 3.00 bits per heavy atom. The van der Waals surface area contributed by atoms with Crippen molar-refractivity contribution in [3.05, 3.63) is 24.0 Å². The molecule has 1 aromatic heterocycles. The molecule has 4 heteroatoms. The lowest BCUT2D eigenvalue weighted by atomic mass is 10.3. The first kappa shape index (κ1) is 8.71. The van der Waals surface area contributed by atoms with Gasteiger partial charge >= 0.3 is 0 Å². The van der Waals surface area contributed by atoms with Gasteiger partial charge in [-0.05, 0) is 30.9 Å². The zero-order valence-corrected chi connectivity index (χ0v) is 8.28. The second-order valence-corrected chi connectivity index (χ2v) is 4.16. The van der Waals surface area contributed by atoms with Crippen molar-refractivity contribution >= 4 is 17.0 Å². The molecule has 15 heavy (non-hydrogen) atoms. The Morgan fingerprint density at radius 2 is 2.27 bits per heavy atom. The van der Waals surface area contributed by atoms with Gasteiger partial charge in [-0.25, -0.2) is 9.37 Å². The van der Waals surface area contributed by atoms with Crippen LogP contribution in [0.1, 0.15) is 12.8 Å². The van der Waals surface area contributed by atoms with Crippen LogP contribution in [0, 0.1) is 11.7 Å². The van der Waals surface area contributed by atoms with Crippen LogP contribution in [0.4, 0.5) is 10.3 Å². The van der Waals surface area contributed by atoms with E-state index >= 15 is 0 Å². The fourth-order valence-corrected chi connectivity index (χ4v) is 1.87. The molecule has 2 aromatic rings. The minimum atomic E-state index is -0.265. The van der Waals surface area contributed by atoms with Gasteiger partial charge in [0.15, 0.2) is 0 Å². The molecular formula is C11H12FN3. The van der Waals surface area contributed by atoms with Gasteiger partial charge in [0.1, 0.15) is 5.82 Å². The van der Waals surface area contributed by atoms with Crippen molar-refractivity contribution in [2.45, 2.75) is 19.4 Å². The molecule has 0 bridgehead atoms. The Morgan fingerprint density at radius 1 is 1.47 bits per heavy atom. The second kappa shape index (κ2) is 2.95. The molecule has 1 saturated carbocycles. The Bertz CT molecular complexity index is 514. The number of nitrogens with zero attached hydrogens (tertiary/aromatic N) is 2. The van der Waals surface area contributed by atoms with Crippen molar-refractivity contribution in [2.24, 2.45) is 5.92 Å². The summed E-state index contributed by atoms with van der Waals surface area (Å²) >= 11 is 0. The standard InChI is InChI=1S/C11H12FN3/c12-8-3-4-10-9(5-8)14-11(13)15(10)6-7-1-2-7/h3-5,7H,1-2,6H2,(H2,13,14). The third kappa shape index (κ3) is 1.46. The van der Waals surface area contributed by atoms with Gasteiger partial charge in [-0.1, -0.05) is 0 Å². The molecule has 0 spiro atoms. The number of nitrogens with two attached hydrogens (primary N) is 1. The van der Waals surface area contributed by atoms with Crippen LogP contribution in [0.3, 0.4) is 0 Å². The minimum absolute atomic E-state index is 0.265. The maximum Gasteiger partial charge on any atom is 0.201 e. The Hall–Kier alpha value is -1.58. The van der Waals surface area contributed by atoms with Gasteiger partial charge in [0.25, 0.3) is 0 Å². The average molecular weight is 205 g/mol. The van der Waals surface area contributed by atoms with E-state index in [0.717, 1.165) is 18.0 Å². The molecule has 1 aromatic carbocycles. The van der Waals surface area contributed by atoms with E-state index in [4.69, 9.17) is 5.73 Å². The van der Waals surface area contributed by atoms with Crippen molar-refractivity contribution in [1.29, 1.82) is 0 Å². The number of halogens is 1. The van der Waals surface area contributed by atoms with Crippen LogP contribution in [0.2, 0.25) is 0 Å². The van der Waals surface area contributed by atoms with E-state index in [1.807, 2.05) is 4.57 Å². The van der Waals surface area contributed by atoms with Crippen LogP contribution >= 0.6 is 0 Å². The number of rotatable bonds is 2. The minimum Gasteiger partial charge on any atom is -0.369 e. The highest BCUT2D eigenvalue weighted by Crippen LogP contribution is 2.32. The summed E-state index contributed by atoms with van der Waals surface area (Å²) in [6.07, 6.45) is 2.53. The third-order valence-corrected chi connectivity index (χ3v) is 2.88. The molecular weight excluding hydrogens is 193 g/mol. The van der Waals surface area contributed by atoms with E-state index < -0.39 is 0 Å². The predicted molar refractivity (Wildman–Crippen MR) is 56.8 cm³/mol. The van der Waals surface area contributed by atoms with E-state index in [1.54, 1.807) is 6.07 Å². The largest absolute Gasteiger partial charge is 0.369 e. The van der Waals surface area contributed by atoms with Crippen LogP contribution in [0.25, 0.3) is 11.0 Å². The number of benzene rings is 1. The first-order chi connectivity index (χ1) is 7.24. The van der Waals surface area contributed by atoms with Gasteiger partial charge in [0.05, 0.1) is 11.0 Å². The lowest BCUT2D eigenvalue weighted by molar-refractivity contribution is 0.628. The summed E-state index contributed by atoms with van der Waals surface area (Å²) in [5.74, 6) is 0.954. The quantitative estimate of drug-likeness (QED) is 0.816. The molecule has 0 unspecified atom stereocenters. The predicted octanol–water partition coefficient (Wildman–Crippen LogP) is 2.17. The summed E-state index contributed by atoms with van der Waals surface area (Å²) in [5.41, 5.74) is 7.39. The topological polar surface area (TPSA) is 43.8 Å².